The number of carbonyl (C=O) groups is 1. The molecular weight excluding hydrogens is 225 g/mol. The van der Waals surface area contributed by atoms with Crippen molar-refractivity contribution in [1.29, 1.82) is 0 Å². The van der Waals surface area contributed by atoms with Gasteiger partial charge in [-0.05, 0) is 17.7 Å². The van der Waals surface area contributed by atoms with E-state index in [1.54, 1.807) is 17.0 Å². The third kappa shape index (κ3) is 2.74. The number of rotatable bonds is 1. The van der Waals surface area contributed by atoms with Gasteiger partial charge in [0.15, 0.2) is 0 Å². The fourth-order valence-corrected chi connectivity index (χ4v) is 1.82. The van der Waals surface area contributed by atoms with Gasteiger partial charge in [-0.1, -0.05) is 12.1 Å². The summed E-state index contributed by atoms with van der Waals surface area (Å²) in [4.78, 5) is 13.0. The summed E-state index contributed by atoms with van der Waals surface area (Å²) in [5.41, 5.74) is 0.861. The van der Waals surface area contributed by atoms with Crippen molar-refractivity contribution in [3.05, 3.63) is 35.6 Å². The highest BCUT2D eigenvalue weighted by atomic mass is 19.1. The molecule has 0 aromatic heterocycles. The van der Waals surface area contributed by atoms with Crippen molar-refractivity contribution in [2.24, 2.45) is 0 Å². The Labute approximate surface area is 98.9 Å². The van der Waals surface area contributed by atoms with Crippen LogP contribution in [0.25, 0.3) is 0 Å². The lowest BCUT2D eigenvalue weighted by Gasteiger charge is -2.32. The van der Waals surface area contributed by atoms with E-state index in [2.05, 4.69) is 4.74 Å². The first-order valence-corrected chi connectivity index (χ1v) is 5.40. The average Bonchev–Trinajstić information content (AvgIpc) is 2.39. The van der Waals surface area contributed by atoms with Gasteiger partial charge in [0.2, 0.25) is 0 Å². The second-order valence-electron chi connectivity index (χ2n) is 3.83. The number of methoxy groups -OCH3 is 1. The standard InChI is InChI=1S/C12H14FNO3/c1-16-12(15)14-6-7-17-11(8-14)9-2-4-10(13)5-3-9/h2-5,11H,6-8H2,1H3. The molecule has 1 aliphatic rings. The van der Waals surface area contributed by atoms with Gasteiger partial charge >= 0.3 is 6.09 Å². The molecule has 92 valence electrons. The van der Waals surface area contributed by atoms with E-state index >= 15 is 0 Å². The summed E-state index contributed by atoms with van der Waals surface area (Å²) < 4.78 is 23.0. The molecule has 1 saturated heterocycles. The van der Waals surface area contributed by atoms with E-state index in [-0.39, 0.29) is 18.0 Å². The van der Waals surface area contributed by atoms with Crippen LogP contribution in [0.1, 0.15) is 11.7 Å². The Kier molecular flexibility index (Phi) is 3.58. The van der Waals surface area contributed by atoms with Gasteiger partial charge in [-0.25, -0.2) is 9.18 Å². The molecule has 4 nitrogen and oxygen atoms in total. The van der Waals surface area contributed by atoms with E-state index in [0.717, 1.165) is 5.56 Å². The molecule has 17 heavy (non-hydrogen) atoms. The van der Waals surface area contributed by atoms with Crippen LogP contribution in [0.4, 0.5) is 9.18 Å². The molecule has 0 aliphatic carbocycles. The van der Waals surface area contributed by atoms with Crippen LogP contribution in [0.3, 0.4) is 0 Å². The zero-order chi connectivity index (χ0) is 12.3. The second kappa shape index (κ2) is 5.14. The molecule has 1 atom stereocenters. The second-order valence-corrected chi connectivity index (χ2v) is 3.83. The van der Waals surface area contributed by atoms with E-state index < -0.39 is 0 Å². The summed E-state index contributed by atoms with van der Waals surface area (Å²) in [6.07, 6.45) is -0.580. The van der Waals surface area contributed by atoms with Crippen LogP contribution < -0.4 is 0 Å². The van der Waals surface area contributed by atoms with Crippen molar-refractivity contribution < 1.29 is 18.7 Å². The van der Waals surface area contributed by atoms with E-state index in [4.69, 9.17) is 4.74 Å². The highest BCUT2D eigenvalue weighted by molar-refractivity contribution is 5.67. The molecule has 0 saturated carbocycles. The van der Waals surface area contributed by atoms with Gasteiger partial charge in [0.05, 0.1) is 20.3 Å². The highest BCUT2D eigenvalue weighted by Gasteiger charge is 2.25. The van der Waals surface area contributed by atoms with Crippen LogP contribution in [0.15, 0.2) is 24.3 Å². The highest BCUT2D eigenvalue weighted by Crippen LogP contribution is 2.22. The van der Waals surface area contributed by atoms with Crippen LogP contribution >= 0.6 is 0 Å². The zero-order valence-corrected chi connectivity index (χ0v) is 9.56. The van der Waals surface area contributed by atoms with Crippen LogP contribution in [-0.2, 0) is 9.47 Å². The molecule has 0 spiro atoms. The monoisotopic (exact) mass is 239 g/mol. The fraction of sp³-hybridized carbons (Fsp3) is 0.417. The molecule has 1 fully saturated rings. The van der Waals surface area contributed by atoms with Gasteiger partial charge < -0.3 is 14.4 Å². The van der Waals surface area contributed by atoms with Gasteiger partial charge in [-0.3, -0.25) is 0 Å². The Morgan fingerprint density at radius 3 is 2.82 bits per heavy atom. The van der Waals surface area contributed by atoms with Gasteiger partial charge in [0.25, 0.3) is 0 Å². The van der Waals surface area contributed by atoms with Crippen molar-refractivity contribution in [2.45, 2.75) is 6.10 Å². The van der Waals surface area contributed by atoms with E-state index in [1.165, 1.54) is 19.2 Å². The van der Waals surface area contributed by atoms with Crippen molar-refractivity contribution >= 4 is 6.09 Å². The predicted molar refractivity (Wildman–Crippen MR) is 59.1 cm³/mol. The number of benzene rings is 1. The molecule has 1 aromatic carbocycles. The smallest absolute Gasteiger partial charge is 0.409 e. The summed E-state index contributed by atoms with van der Waals surface area (Å²) >= 11 is 0. The summed E-state index contributed by atoms with van der Waals surface area (Å²) in [5.74, 6) is -0.283. The zero-order valence-electron chi connectivity index (χ0n) is 9.56. The first kappa shape index (κ1) is 11.9. The minimum absolute atomic E-state index is 0.219. The Bertz CT molecular complexity index is 393. The Morgan fingerprint density at radius 1 is 1.47 bits per heavy atom. The number of morpholine rings is 1. The molecule has 1 unspecified atom stereocenters. The third-order valence-electron chi connectivity index (χ3n) is 2.74. The SMILES string of the molecule is COC(=O)N1CCOC(c2ccc(F)cc2)C1. The van der Waals surface area contributed by atoms with Gasteiger partial charge in [-0.2, -0.15) is 0 Å². The van der Waals surface area contributed by atoms with Gasteiger partial charge in [0.1, 0.15) is 11.9 Å². The minimum atomic E-state index is -0.361. The fourth-order valence-electron chi connectivity index (χ4n) is 1.82. The van der Waals surface area contributed by atoms with E-state index in [0.29, 0.717) is 19.7 Å². The summed E-state index contributed by atoms with van der Waals surface area (Å²) in [7, 11) is 1.35. The van der Waals surface area contributed by atoms with E-state index in [9.17, 15) is 9.18 Å². The number of hydrogen-bond acceptors (Lipinski definition) is 3. The number of ether oxygens (including phenoxy) is 2. The van der Waals surface area contributed by atoms with Crippen molar-refractivity contribution in [3.63, 3.8) is 0 Å². The topological polar surface area (TPSA) is 38.8 Å². The lowest BCUT2D eigenvalue weighted by Crippen LogP contribution is -2.42. The number of halogens is 1. The molecule has 0 radical (unpaired) electrons. The Morgan fingerprint density at radius 2 is 2.18 bits per heavy atom. The maximum atomic E-state index is 12.8. The molecule has 1 amide bonds. The summed E-state index contributed by atoms with van der Waals surface area (Å²) in [5, 5.41) is 0. The largest absolute Gasteiger partial charge is 0.453 e. The van der Waals surface area contributed by atoms with Crippen LogP contribution in [-0.4, -0.2) is 37.8 Å². The third-order valence-corrected chi connectivity index (χ3v) is 2.74. The first-order valence-electron chi connectivity index (χ1n) is 5.40. The van der Waals surface area contributed by atoms with Gasteiger partial charge in [0, 0.05) is 6.54 Å². The summed E-state index contributed by atoms with van der Waals surface area (Å²) in [6, 6.07) is 6.10. The van der Waals surface area contributed by atoms with E-state index in [1.807, 2.05) is 0 Å². The predicted octanol–water partition coefficient (Wildman–Crippen LogP) is 1.97. The number of carbonyl (C=O) groups excluding carboxylic acids is 1. The molecule has 5 heteroatoms. The van der Waals surface area contributed by atoms with Crippen LogP contribution in [0.2, 0.25) is 0 Å². The van der Waals surface area contributed by atoms with Crippen LogP contribution in [0.5, 0.6) is 0 Å². The molecular formula is C12H14FNO3. The number of amides is 1. The maximum Gasteiger partial charge on any atom is 0.409 e. The molecule has 1 aromatic rings. The van der Waals surface area contributed by atoms with Gasteiger partial charge in [-0.15, -0.1) is 0 Å². The average molecular weight is 239 g/mol. The lowest BCUT2D eigenvalue weighted by atomic mass is 10.1. The first-order chi connectivity index (χ1) is 8.20. The number of hydrogen-bond donors (Lipinski definition) is 0. The van der Waals surface area contributed by atoms with Crippen LogP contribution in [0, 0.1) is 5.82 Å². The quantitative estimate of drug-likeness (QED) is 0.752. The molecule has 0 bridgehead atoms. The summed E-state index contributed by atoms with van der Waals surface area (Å²) in [6.45, 7) is 1.40. The van der Waals surface area contributed by atoms with Crippen molar-refractivity contribution in [2.75, 3.05) is 26.8 Å². The molecule has 1 aliphatic heterocycles. The molecule has 0 N–H and O–H groups in total. The van der Waals surface area contributed by atoms with Crippen molar-refractivity contribution in [1.82, 2.24) is 4.90 Å². The number of nitrogens with zero attached hydrogens (tertiary/aromatic N) is 1. The lowest BCUT2D eigenvalue weighted by molar-refractivity contribution is -0.0258. The Balaban J connectivity index is 2.06. The molecule has 2 rings (SSSR count). The normalized spacial score (nSPS) is 20.1. The molecule has 1 heterocycles. The Hall–Kier alpha value is -1.62. The minimum Gasteiger partial charge on any atom is -0.453 e. The maximum absolute atomic E-state index is 12.8. The van der Waals surface area contributed by atoms with Crippen molar-refractivity contribution in [3.8, 4) is 0 Å².